The fraction of sp³-hybridized carbons (Fsp3) is 0.385. The third-order valence-electron chi connectivity index (χ3n) is 2.42. The van der Waals surface area contributed by atoms with Crippen LogP contribution in [0.5, 0.6) is 5.75 Å². The average Bonchev–Trinajstić information content (AvgIpc) is 2.36. The number of carbonyl (C=O) groups excluding carboxylic acids is 2. The summed E-state index contributed by atoms with van der Waals surface area (Å²) in [5.74, 6) is 0.641. The average molecular weight is 250 g/mol. The van der Waals surface area contributed by atoms with Crippen molar-refractivity contribution >= 4 is 17.5 Å². The normalized spacial score (nSPS) is 10.0. The molecule has 0 heterocycles. The van der Waals surface area contributed by atoms with Crippen LogP contribution in [0.2, 0.25) is 0 Å². The van der Waals surface area contributed by atoms with E-state index in [1.165, 1.54) is 0 Å². The molecule has 0 fully saturated rings. The van der Waals surface area contributed by atoms with Gasteiger partial charge in [0.25, 0.3) is 0 Å². The molecular weight excluding hydrogens is 232 g/mol. The molecule has 1 aromatic rings. The van der Waals surface area contributed by atoms with Crippen molar-refractivity contribution in [3.63, 3.8) is 0 Å². The first-order valence-corrected chi connectivity index (χ1v) is 5.74. The molecule has 2 amide bonds. The van der Waals surface area contributed by atoms with Gasteiger partial charge < -0.3 is 15.4 Å². The molecule has 5 heteroatoms. The van der Waals surface area contributed by atoms with E-state index in [1.807, 2.05) is 0 Å². The van der Waals surface area contributed by atoms with Crippen LogP contribution in [0.1, 0.15) is 13.8 Å². The van der Waals surface area contributed by atoms with Crippen LogP contribution < -0.4 is 15.4 Å². The van der Waals surface area contributed by atoms with Gasteiger partial charge in [-0.1, -0.05) is 13.8 Å². The van der Waals surface area contributed by atoms with Gasteiger partial charge in [0.2, 0.25) is 0 Å². The highest BCUT2D eigenvalue weighted by Gasteiger charge is 2.09. The van der Waals surface area contributed by atoms with Crippen LogP contribution in [0.25, 0.3) is 0 Å². The van der Waals surface area contributed by atoms with Gasteiger partial charge in [-0.2, -0.15) is 0 Å². The first-order chi connectivity index (χ1) is 8.52. The van der Waals surface area contributed by atoms with Crippen molar-refractivity contribution in [1.29, 1.82) is 0 Å². The number of hydrogen-bond donors (Lipinski definition) is 2. The Bertz CT molecular complexity index is 413. The number of ketones is 1. The minimum Gasteiger partial charge on any atom is -0.497 e. The summed E-state index contributed by atoms with van der Waals surface area (Å²) in [6, 6.07) is 6.55. The molecule has 0 aliphatic carbocycles. The zero-order valence-corrected chi connectivity index (χ0v) is 10.8. The number of benzene rings is 1. The number of anilines is 1. The van der Waals surface area contributed by atoms with Crippen molar-refractivity contribution < 1.29 is 14.3 Å². The minimum absolute atomic E-state index is 0.000110. The molecule has 0 spiro atoms. The highest BCUT2D eigenvalue weighted by molar-refractivity contribution is 5.93. The number of Topliss-reactive ketones (excluding diaryl/α,β-unsaturated/α-hetero) is 1. The van der Waals surface area contributed by atoms with Crippen molar-refractivity contribution in [1.82, 2.24) is 5.32 Å². The van der Waals surface area contributed by atoms with Crippen LogP contribution in [0.4, 0.5) is 10.5 Å². The zero-order valence-electron chi connectivity index (χ0n) is 10.8. The molecule has 1 aromatic carbocycles. The third-order valence-corrected chi connectivity index (χ3v) is 2.42. The van der Waals surface area contributed by atoms with Gasteiger partial charge in [-0.15, -0.1) is 0 Å². The van der Waals surface area contributed by atoms with Crippen LogP contribution in [0.15, 0.2) is 24.3 Å². The lowest BCUT2D eigenvalue weighted by molar-refractivity contribution is -0.120. The predicted octanol–water partition coefficient (Wildman–Crippen LogP) is 2.04. The summed E-state index contributed by atoms with van der Waals surface area (Å²) in [5, 5.41) is 5.14. The maximum atomic E-state index is 11.5. The number of urea groups is 1. The second-order valence-electron chi connectivity index (χ2n) is 4.16. The maximum absolute atomic E-state index is 11.5. The van der Waals surface area contributed by atoms with Crippen molar-refractivity contribution in [3.8, 4) is 5.75 Å². The van der Waals surface area contributed by atoms with Crippen molar-refractivity contribution in [2.24, 2.45) is 5.92 Å². The Balaban J connectivity index is 2.42. The molecule has 18 heavy (non-hydrogen) atoms. The molecule has 0 saturated carbocycles. The highest BCUT2D eigenvalue weighted by Crippen LogP contribution is 2.14. The summed E-state index contributed by atoms with van der Waals surface area (Å²) in [4.78, 5) is 22.8. The van der Waals surface area contributed by atoms with Crippen LogP contribution in [0, 0.1) is 5.92 Å². The number of methoxy groups -OCH3 is 1. The van der Waals surface area contributed by atoms with Crippen LogP contribution >= 0.6 is 0 Å². The Morgan fingerprint density at radius 3 is 2.33 bits per heavy atom. The van der Waals surface area contributed by atoms with E-state index in [0.717, 1.165) is 5.75 Å². The van der Waals surface area contributed by atoms with Gasteiger partial charge >= 0.3 is 6.03 Å². The number of amides is 2. The third kappa shape index (κ3) is 4.45. The summed E-state index contributed by atoms with van der Waals surface area (Å²) in [7, 11) is 1.58. The summed E-state index contributed by atoms with van der Waals surface area (Å²) in [6.45, 7) is 3.64. The van der Waals surface area contributed by atoms with E-state index in [-0.39, 0.29) is 18.2 Å². The monoisotopic (exact) mass is 250 g/mol. The van der Waals surface area contributed by atoms with Gasteiger partial charge in [-0.05, 0) is 24.3 Å². The number of nitrogens with one attached hydrogen (secondary N) is 2. The quantitative estimate of drug-likeness (QED) is 0.840. The van der Waals surface area contributed by atoms with Crippen LogP contribution in [0.3, 0.4) is 0 Å². The van der Waals surface area contributed by atoms with E-state index in [2.05, 4.69) is 10.6 Å². The molecule has 0 saturated heterocycles. The molecular formula is C13H18N2O3. The molecule has 0 bridgehead atoms. The van der Waals surface area contributed by atoms with Gasteiger partial charge in [0.15, 0.2) is 5.78 Å². The molecule has 2 N–H and O–H groups in total. The van der Waals surface area contributed by atoms with Gasteiger partial charge in [-0.3, -0.25) is 4.79 Å². The van der Waals surface area contributed by atoms with Crippen molar-refractivity contribution in [3.05, 3.63) is 24.3 Å². The highest BCUT2D eigenvalue weighted by atomic mass is 16.5. The molecule has 0 unspecified atom stereocenters. The number of carbonyl (C=O) groups is 2. The second-order valence-corrected chi connectivity index (χ2v) is 4.16. The zero-order chi connectivity index (χ0) is 13.5. The van der Waals surface area contributed by atoms with Gasteiger partial charge in [0.05, 0.1) is 13.7 Å². The lowest BCUT2D eigenvalue weighted by Crippen LogP contribution is -2.34. The lowest BCUT2D eigenvalue weighted by atomic mass is 10.1. The summed E-state index contributed by atoms with van der Waals surface area (Å²) >= 11 is 0. The summed E-state index contributed by atoms with van der Waals surface area (Å²) < 4.78 is 5.01. The number of ether oxygens (including phenoxy) is 1. The first kappa shape index (κ1) is 14.0. The van der Waals surface area contributed by atoms with E-state index in [4.69, 9.17) is 4.74 Å². The largest absolute Gasteiger partial charge is 0.497 e. The molecule has 1 rings (SSSR count). The Morgan fingerprint density at radius 2 is 1.83 bits per heavy atom. The molecule has 0 aliphatic rings. The van der Waals surface area contributed by atoms with E-state index in [0.29, 0.717) is 5.69 Å². The second kappa shape index (κ2) is 6.64. The topological polar surface area (TPSA) is 67.4 Å². The number of hydrogen-bond acceptors (Lipinski definition) is 3. The van der Waals surface area contributed by atoms with Crippen molar-refractivity contribution in [2.75, 3.05) is 19.0 Å². The first-order valence-electron chi connectivity index (χ1n) is 5.74. The van der Waals surface area contributed by atoms with Gasteiger partial charge in [0.1, 0.15) is 5.75 Å². The molecule has 0 atom stereocenters. The Hall–Kier alpha value is -2.04. The smallest absolute Gasteiger partial charge is 0.319 e. The maximum Gasteiger partial charge on any atom is 0.319 e. The molecule has 0 radical (unpaired) electrons. The van der Waals surface area contributed by atoms with E-state index < -0.39 is 6.03 Å². The fourth-order valence-corrected chi connectivity index (χ4v) is 1.22. The molecule has 5 nitrogen and oxygen atoms in total. The van der Waals surface area contributed by atoms with Crippen LogP contribution in [-0.2, 0) is 4.79 Å². The van der Waals surface area contributed by atoms with Gasteiger partial charge in [-0.25, -0.2) is 4.79 Å². The lowest BCUT2D eigenvalue weighted by Gasteiger charge is -2.08. The number of rotatable bonds is 5. The van der Waals surface area contributed by atoms with E-state index in [9.17, 15) is 9.59 Å². The fourth-order valence-electron chi connectivity index (χ4n) is 1.22. The van der Waals surface area contributed by atoms with Crippen LogP contribution in [-0.4, -0.2) is 25.5 Å². The SMILES string of the molecule is COc1ccc(NC(=O)NCC(=O)C(C)C)cc1. The summed E-state index contributed by atoms with van der Waals surface area (Å²) in [5.41, 5.74) is 0.644. The molecule has 0 aromatic heterocycles. The minimum atomic E-state index is -0.394. The Morgan fingerprint density at radius 1 is 1.22 bits per heavy atom. The van der Waals surface area contributed by atoms with Gasteiger partial charge in [0, 0.05) is 11.6 Å². The Labute approximate surface area is 107 Å². The molecule has 0 aliphatic heterocycles. The van der Waals surface area contributed by atoms with E-state index in [1.54, 1.807) is 45.2 Å². The van der Waals surface area contributed by atoms with E-state index >= 15 is 0 Å². The molecule has 98 valence electrons. The summed E-state index contributed by atoms with van der Waals surface area (Å²) in [6.07, 6.45) is 0. The standard InChI is InChI=1S/C13H18N2O3/c1-9(2)12(16)8-14-13(17)15-10-4-6-11(18-3)7-5-10/h4-7,9H,8H2,1-3H3,(H2,14,15,17). The Kier molecular flexibility index (Phi) is 5.17. The van der Waals surface area contributed by atoms with Crippen molar-refractivity contribution in [2.45, 2.75) is 13.8 Å². The predicted molar refractivity (Wildman–Crippen MR) is 69.9 cm³/mol.